The average Bonchev–Trinajstić information content (AvgIpc) is 2.50. The Morgan fingerprint density at radius 2 is 1.62 bits per heavy atom. The first kappa shape index (κ1) is 16.2. The van der Waals surface area contributed by atoms with Gasteiger partial charge in [-0.25, -0.2) is 4.39 Å². The predicted octanol–water partition coefficient (Wildman–Crippen LogP) is 3.60. The molecule has 0 fully saturated rings. The van der Waals surface area contributed by atoms with E-state index in [1.165, 1.54) is 6.07 Å². The van der Waals surface area contributed by atoms with Gasteiger partial charge in [-0.15, -0.1) is 0 Å². The van der Waals surface area contributed by atoms with Crippen LogP contribution in [0.1, 0.15) is 11.1 Å². The minimum atomic E-state index is -1.15. The second-order valence-corrected chi connectivity index (χ2v) is 5.75. The summed E-state index contributed by atoms with van der Waals surface area (Å²) in [6, 6.07) is 11.2. The summed E-state index contributed by atoms with van der Waals surface area (Å²) in [5.74, 6) is -0.473. The standard InChI is InChI=1S/C16H15Cl2FO2/c17-13-6-3-4-11(15(13)18)8-16(9-20,10-21)12-5-1-2-7-14(12)19/h1-7,20-21H,8-10H2. The van der Waals surface area contributed by atoms with Crippen LogP contribution in [0.2, 0.25) is 10.0 Å². The molecule has 0 saturated carbocycles. The minimum absolute atomic E-state index is 0.181. The highest BCUT2D eigenvalue weighted by Crippen LogP contribution is 2.34. The van der Waals surface area contributed by atoms with Crippen LogP contribution in [-0.2, 0) is 11.8 Å². The zero-order valence-corrected chi connectivity index (χ0v) is 12.7. The molecule has 0 unspecified atom stereocenters. The van der Waals surface area contributed by atoms with Gasteiger partial charge in [-0.05, 0) is 29.7 Å². The van der Waals surface area contributed by atoms with E-state index >= 15 is 0 Å². The molecule has 0 aromatic heterocycles. The number of hydrogen-bond donors (Lipinski definition) is 2. The van der Waals surface area contributed by atoms with Crippen LogP contribution >= 0.6 is 23.2 Å². The third-order valence-electron chi connectivity index (χ3n) is 3.61. The Hall–Kier alpha value is -1.13. The van der Waals surface area contributed by atoms with Gasteiger partial charge in [0, 0.05) is 5.41 Å². The fourth-order valence-corrected chi connectivity index (χ4v) is 2.76. The van der Waals surface area contributed by atoms with Gasteiger partial charge in [0.25, 0.3) is 0 Å². The third-order valence-corrected chi connectivity index (χ3v) is 4.47. The van der Waals surface area contributed by atoms with Gasteiger partial charge < -0.3 is 10.2 Å². The van der Waals surface area contributed by atoms with Crippen molar-refractivity contribution >= 4 is 23.2 Å². The first-order valence-corrected chi connectivity index (χ1v) is 7.19. The van der Waals surface area contributed by atoms with E-state index in [0.717, 1.165) is 0 Å². The normalized spacial score (nSPS) is 11.7. The van der Waals surface area contributed by atoms with Crippen LogP contribution < -0.4 is 0 Å². The molecule has 5 heteroatoms. The van der Waals surface area contributed by atoms with Crippen LogP contribution in [0.15, 0.2) is 42.5 Å². The SMILES string of the molecule is OCC(CO)(Cc1cccc(Cl)c1Cl)c1ccccc1F. The molecule has 0 bridgehead atoms. The molecule has 0 aliphatic heterocycles. The van der Waals surface area contributed by atoms with Crippen molar-refractivity contribution in [3.63, 3.8) is 0 Å². The highest BCUT2D eigenvalue weighted by molar-refractivity contribution is 6.42. The van der Waals surface area contributed by atoms with Gasteiger partial charge in [0.15, 0.2) is 0 Å². The lowest BCUT2D eigenvalue weighted by Crippen LogP contribution is -2.38. The van der Waals surface area contributed by atoms with Crippen LogP contribution in [-0.4, -0.2) is 23.4 Å². The van der Waals surface area contributed by atoms with Crippen molar-refractivity contribution < 1.29 is 14.6 Å². The van der Waals surface area contributed by atoms with E-state index in [0.29, 0.717) is 15.6 Å². The van der Waals surface area contributed by atoms with Crippen LogP contribution in [0.25, 0.3) is 0 Å². The Labute approximate surface area is 132 Å². The smallest absolute Gasteiger partial charge is 0.127 e. The molecule has 2 aromatic rings. The van der Waals surface area contributed by atoms with Crippen molar-refractivity contribution in [1.29, 1.82) is 0 Å². The molecule has 0 amide bonds. The van der Waals surface area contributed by atoms with Gasteiger partial charge in [-0.3, -0.25) is 0 Å². The fourth-order valence-electron chi connectivity index (χ4n) is 2.37. The molecule has 0 aliphatic rings. The quantitative estimate of drug-likeness (QED) is 0.880. The van der Waals surface area contributed by atoms with Gasteiger partial charge >= 0.3 is 0 Å². The topological polar surface area (TPSA) is 40.5 Å². The van der Waals surface area contributed by atoms with Crippen molar-refractivity contribution in [2.24, 2.45) is 0 Å². The van der Waals surface area contributed by atoms with Gasteiger partial charge in [-0.1, -0.05) is 53.5 Å². The van der Waals surface area contributed by atoms with E-state index in [9.17, 15) is 14.6 Å². The van der Waals surface area contributed by atoms with Crippen LogP contribution in [0.3, 0.4) is 0 Å². The van der Waals surface area contributed by atoms with E-state index in [1.807, 2.05) is 0 Å². The first-order valence-electron chi connectivity index (χ1n) is 6.43. The maximum atomic E-state index is 14.1. The monoisotopic (exact) mass is 328 g/mol. The predicted molar refractivity (Wildman–Crippen MR) is 82.4 cm³/mol. The number of rotatable bonds is 5. The lowest BCUT2D eigenvalue weighted by atomic mass is 9.76. The number of benzene rings is 2. The average molecular weight is 329 g/mol. The minimum Gasteiger partial charge on any atom is -0.395 e. The molecule has 0 saturated heterocycles. The summed E-state index contributed by atoms with van der Waals surface area (Å²) >= 11 is 12.1. The summed E-state index contributed by atoms with van der Waals surface area (Å²) in [6.07, 6.45) is 0.181. The summed E-state index contributed by atoms with van der Waals surface area (Å²) in [6.45, 7) is -0.819. The summed E-state index contributed by atoms with van der Waals surface area (Å²) in [4.78, 5) is 0. The maximum absolute atomic E-state index is 14.1. The second-order valence-electron chi connectivity index (χ2n) is 4.97. The van der Waals surface area contributed by atoms with E-state index in [-0.39, 0.29) is 12.0 Å². The van der Waals surface area contributed by atoms with Crippen molar-refractivity contribution in [2.75, 3.05) is 13.2 Å². The highest BCUT2D eigenvalue weighted by Gasteiger charge is 2.34. The molecule has 112 valence electrons. The van der Waals surface area contributed by atoms with E-state index in [4.69, 9.17) is 23.2 Å². The second kappa shape index (κ2) is 6.75. The number of aliphatic hydroxyl groups excluding tert-OH is 2. The van der Waals surface area contributed by atoms with Crippen molar-refractivity contribution in [3.8, 4) is 0 Å². The molecule has 2 aromatic carbocycles. The molecular weight excluding hydrogens is 314 g/mol. The van der Waals surface area contributed by atoms with Gasteiger partial charge in [0.2, 0.25) is 0 Å². The molecule has 0 aliphatic carbocycles. The molecule has 21 heavy (non-hydrogen) atoms. The van der Waals surface area contributed by atoms with Crippen molar-refractivity contribution in [1.82, 2.24) is 0 Å². The molecule has 2 rings (SSSR count). The van der Waals surface area contributed by atoms with E-state index in [1.54, 1.807) is 36.4 Å². The lowest BCUT2D eigenvalue weighted by molar-refractivity contribution is 0.113. The molecule has 2 N–H and O–H groups in total. The first-order chi connectivity index (χ1) is 10.0. The summed E-state index contributed by atoms with van der Waals surface area (Å²) in [7, 11) is 0. The fraction of sp³-hybridized carbons (Fsp3) is 0.250. The largest absolute Gasteiger partial charge is 0.395 e. The Morgan fingerprint density at radius 3 is 2.24 bits per heavy atom. The number of aliphatic hydroxyl groups is 2. The summed E-state index contributed by atoms with van der Waals surface area (Å²) in [5, 5.41) is 20.3. The number of hydrogen-bond acceptors (Lipinski definition) is 2. The van der Waals surface area contributed by atoms with Crippen molar-refractivity contribution in [2.45, 2.75) is 11.8 Å². The molecule has 0 atom stereocenters. The Morgan fingerprint density at radius 1 is 0.952 bits per heavy atom. The Kier molecular flexibility index (Phi) is 5.22. The van der Waals surface area contributed by atoms with Crippen LogP contribution in [0.5, 0.6) is 0 Å². The van der Waals surface area contributed by atoms with Crippen LogP contribution in [0.4, 0.5) is 4.39 Å². The Bertz CT molecular complexity index is 627. The lowest BCUT2D eigenvalue weighted by Gasteiger charge is -2.31. The van der Waals surface area contributed by atoms with Gasteiger partial charge in [0.05, 0.1) is 23.3 Å². The van der Waals surface area contributed by atoms with Crippen LogP contribution in [0, 0.1) is 5.82 Å². The van der Waals surface area contributed by atoms with Gasteiger partial charge in [-0.2, -0.15) is 0 Å². The summed E-state index contributed by atoms with van der Waals surface area (Å²) in [5.41, 5.74) is -0.249. The van der Waals surface area contributed by atoms with E-state index in [2.05, 4.69) is 0 Å². The summed E-state index contributed by atoms with van der Waals surface area (Å²) < 4.78 is 14.1. The molecule has 2 nitrogen and oxygen atoms in total. The van der Waals surface area contributed by atoms with Crippen molar-refractivity contribution in [3.05, 3.63) is 69.5 Å². The third kappa shape index (κ3) is 3.22. The molecule has 0 heterocycles. The van der Waals surface area contributed by atoms with E-state index < -0.39 is 24.4 Å². The molecule has 0 radical (unpaired) electrons. The Balaban J connectivity index is 2.49. The maximum Gasteiger partial charge on any atom is 0.127 e. The highest BCUT2D eigenvalue weighted by atomic mass is 35.5. The van der Waals surface area contributed by atoms with Gasteiger partial charge in [0.1, 0.15) is 5.82 Å². The molecular formula is C16H15Cl2FO2. The molecule has 0 spiro atoms. The number of halogens is 3. The zero-order chi connectivity index (χ0) is 15.5. The zero-order valence-electron chi connectivity index (χ0n) is 11.2.